The van der Waals surface area contributed by atoms with Gasteiger partial charge in [0.2, 0.25) is 0 Å². The summed E-state index contributed by atoms with van der Waals surface area (Å²) in [5.74, 6) is -0.201. The minimum absolute atomic E-state index is 0.201. The van der Waals surface area contributed by atoms with Gasteiger partial charge in [-0.1, -0.05) is 104 Å². The highest BCUT2D eigenvalue weighted by molar-refractivity contribution is 6.30. The third-order valence-electron chi connectivity index (χ3n) is 25.7. The average molecular weight is 1560 g/mol. The van der Waals surface area contributed by atoms with Crippen molar-refractivity contribution in [2.45, 2.75) is 212 Å². The number of piperidine rings is 4. The molecule has 4 unspecified atom stereocenters. The third-order valence-corrected chi connectivity index (χ3v) is 26.0. The molecule has 4 aromatic carbocycles. The number of hydrogen-bond donors (Lipinski definition) is 0. The molecule has 4 saturated heterocycles. The lowest BCUT2D eigenvalue weighted by Crippen LogP contribution is -2.39. The molecule has 113 heavy (non-hydrogen) atoms. The highest BCUT2D eigenvalue weighted by Gasteiger charge is 2.40. The summed E-state index contributed by atoms with van der Waals surface area (Å²) in [6.45, 7) is 13.0. The van der Waals surface area contributed by atoms with Crippen molar-refractivity contribution in [3.05, 3.63) is 258 Å². The Hall–Kier alpha value is -8.72. The van der Waals surface area contributed by atoms with Crippen LogP contribution in [0.25, 0.3) is 44.1 Å². The number of pyridine rings is 4. The molecule has 8 aliphatic heterocycles. The maximum absolute atomic E-state index is 13.3. The lowest BCUT2D eigenvalue weighted by molar-refractivity contribution is -0.137. The molecule has 20 heteroatoms. The van der Waals surface area contributed by atoms with Crippen molar-refractivity contribution in [1.29, 1.82) is 0 Å². The largest absolute Gasteiger partial charge is 0.416 e. The van der Waals surface area contributed by atoms with Gasteiger partial charge in [-0.05, 0) is 217 Å². The van der Waals surface area contributed by atoms with Crippen LogP contribution in [0, 0.1) is 12.7 Å². The molecule has 0 saturated carbocycles. The number of fused-ring (bicyclic) bond motifs is 20. The van der Waals surface area contributed by atoms with Crippen molar-refractivity contribution in [3.8, 4) is 0 Å². The molecular formula is C93H102ClF7N12. The summed E-state index contributed by atoms with van der Waals surface area (Å²) in [4.78, 5) is 29.6. The molecular weight excluding hydrogens is 1450 g/mol. The van der Waals surface area contributed by atoms with Gasteiger partial charge in [-0.2, -0.15) is 13.2 Å². The van der Waals surface area contributed by atoms with Crippen LogP contribution in [0.1, 0.15) is 197 Å². The Kier molecular flexibility index (Phi) is 23.1. The zero-order valence-electron chi connectivity index (χ0n) is 64.9. The van der Waals surface area contributed by atoms with Gasteiger partial charge >= 0.3 is 6.18 Å². The fraction of sp³-hybridized carbons (Fsp3) is 0.441. The van der Waals surface area contributed by atoms with Crippen molar-refractivity contribution in [3.63, 3.8) is 0 Å². The van der Waals surface area contributed by atoms with E-state index < -0.39 is 31.8 Å². The molecule has 0 bridgehead atoms. The van der Waals surface area contributed by atoms with Crippen LogP contribution in [0.15, 0.2) is 152 Å². The lowest BCUT2D eigenvalue weighted by Gasteiger charge is -2.39. The summed E-state index contributed by atoms with van der Waals surface area (Å²) in [5, 5.41) is 0.771. The third kappa shape index (κ3) is 16.0. The van der Waals surface area contributed by atoms with E-state index in [1.165, 1.54) is 170 Å². The Morgan fingerprint density at radius 1 is 0.354 bits per heavy atom. The van der Waals surface area contributed by atoms with E-state index in [0.717, 1.165) is 177 Å². The molecule has 0 radical (unpaired) electrons. The van der Waals surface area contributed by atoms with Gasteiger partial charge in [0.05, 0.1) is 66.8 Å². The van der Waals surface area contributed by atoms with E-state index in [1.807, 2.05) is 49.4 Å². The minimum atomic E-state index is -4.29. The Balaban J connectivity index is 0.000000109. The van der Waals surface area contributed by atoms with Gasteiger partial charge in [0.1, 0.15) is 25.8 Å². The maximum atomic E-state index is 13.3. The molecule has 8 aromatic heterocycles. The summed E-state index contributed by atoms with van der Waals surface area (Å²) in [7, 11) is 0. The van der Waals surface area contributed by atoms with Crippen LogP contribution >= 0.6 is 11.6 Å². The van der Waals surface area contributed by atoms with Gasteiger partial charge in [-0.15, -0.1) is 0 Å². The lowest BCUT2D eigenvalue weighted by atomic mass is 9.90. The zero-order chi connectivity index (χ0) is 77.3. The number of aromatic nitrogens is 8. The van der Waals surface area contributed by atoms with E-state index in [-0.39, 0.29) is 5.82 Å². The van der Waals surface area contributed by atoms with Crippen molar-refractivity contribution in [2.75, 3.05) is 52.4 Å². The van der Waals surface area contributed by atoms with E-state index >= 15 is 0 Å². The Bertz CT molecular complexity index is 5160. The molecule has 20 rings (SSSR count). The van der Waals surface area contributed by atoms with Crippen LogP contribution in [0.3, 0.4) is 0 Å². The summed E-state index contributed by atoms with van der Waals surface area (Å²) >= 11 is 6.03. The molecule has 12 nitrogen and oxygen atoms in total. The highest BCUT2D eigenvalue weighted by atomic mass is 35.5. The summed E-state index contributed by atoms with van der Waals surface area (Å²) in [6, 6.07) is 48.8. The van der Waals surface area contributed by atoms with Gasteiger partial charge in [-0.25, -0.2) is 32.5 Å². The predicted octanol–water partition coefficient (Wildman–Crippen LogP) is 21.0. The predicted molar refractivity (Wildman–Crippen MR) is 436 cm³/mol. The van der Waals surface area contributed by atoms with Gasteiger partial charge in [0.15, 0.2) is 0 Å². The molecule has 0 N–H and O–H groups in total. The molecule has 590 valence electrons. The van der Waals surface area contributed by atoms with Crippen LogP contribution in [-0.4, -0.2) is 110 Å². The SMILES string of the molecule is Cc1ccc2c(n1)c1c(n2CCc2ccc(C(F)(F)F)cc2)CCN2CCCCC12.FCc1ccc2c(n1)c1c(n2CCc2ccc(Cl)cc2)CCN2CCCCC12.FCc1ccc2c(n1)c1c(n2CCc2ccc(F)cc2)CCN2CCCCC12.FCc1ccc2c(n1)c1c(n2CCc2ccccc2)CCN2CCCCC12. The molecule has 16 heterocycles. The van der Waals surface area contributed by atoms with Crippen LogP contribution in [0.2, 0.25) is 5.02 Å². The highest BCUT2D eigenvalue weighted by Crippen LogP contribution is 2.47. The summed E-state index contributed by atoms with van der Waals surface area (Å²) < 4.78 is 101. The first-order valence-corrected chi connectivity index (χ1v) is 42.0. The first kappa shape index (κ1) is 76.9. The average Bonchev–Trinajstić information content (AvgIpc) is 1.61. The van der Waals surface area contributed by atoms with E-state index in [1.54, 1.807) is 18.2 Å². The number of halogens is 8. The molecule has 0 spiro atoms. The van der Waals surface area contributed by atoms with Gasteiger partial charge in [0.25, 0.3) is 0 Å². The van der Waals surface area contributed by atoms with Gasteiger partial charge < -0.3 is 18.3 Å². The Labute approximate surface area is 663 Å². The first-order valence-electron chi connectivity index (χ1n) is 41.6. The summed E-state index contributed by atoms with van der Waals surface area (Å²) in [6.07, 6.45) is 18.2. The molecule has 0 amide bonds. The van der Waals surface area contributed by atoms with Crippen LogP contribution < -0.4 is 0 Å². The van der Waals surface area contributed by atoms with Gasteiger partial charge in [-0.3, -0.25) is 24.6 Å². The topological polar surface area (TPSA) is 84.2 Å². The number of hydrogen-bond acceptors (Lipinski definition) is 8. The zero-order valence-corrected chi connectivity index (χ0v) is 65.6. The number of rotatable bonds is 15. The monoisotopic (exact) mass is 1550 g/mol. The second-order valence-corrected chi connectivity index (χ2v) is 32.8. The van der Waals surface area contributed by atoms with E-state index in [2.05, 4.69) is 105 Å². The van der Waals surface area contributed by atoms with Crippen molar-refractivity contribution < 1.29 is 30.7 Å². The standard InChI is InChI=1S/C24H26F3N3.C23H25ClFN3.C23H25F2N3.C23H26FN3/c1-16-5-10-21-23(28-16)22-19-4-2-3-13-29(19)14-12-20(22)30(21)15-11-17-6-8-18(9-7-17)24(25,26)27;24-17-6-4-16(5-7-17)10-14-28-20-11-13-27-12-2-1-3-19(27)22(20)23-21(28)9-8-18(15-25)26-23;24-15-18-8-9-21-23(26-18)22-19-3-1-2-12-27(19)13-11-20(22)28(21)14-10-16-4-6-17(25)7-5-16;24-16-18-9-10-21-23(25-18)22-19-8-4-5-13-26(19)14-12-20(22)27(21)15-11-17-6-2-1-3-7-17/h5-10,19H,2-4,11-15H2,1H3;2*4-9,19H,1-3,10-15H2;1-3,6-7,9-10,19H,4-5,8,11-16H2. The van der Waals surface area contributed by atoms with Crippen LogP contribution in [-0.2, 0) is 104 Å². The van der Waals surface area contributed by atoms with Crippen LogP contribution in [0.5, 0.6) is 0 Å². The van der Waals surface area contributed by atoms with Crippen LogP contribution in [0.4, 0.5) is 30.7 Å². The van der Waals surface area contributed by atoms with Gasteiger partial charge in [0, 0.05) is 158 Å². The second kappa shape index (κ2) is 34.0. The first-order chi connectivity index (χ1) is 55.2. The smallest absolute Gasteiger partial charge is 0.343 e. The van der Waals surface area contributed by atoms with E-state index in [4.69, 9.17) is 31.5 Å². The molecule has 0 aliphatic carbocycles. The maximum Gasteiger partial charge on any atom is 0.416 e. The Morgan fingerprint density at radius 3 is 1.00 bits per heavy atom. The fourth-order valence-electron chi connectivity index (χ4n) is 20.2. The van der Waals surface area contributed by atoms with E-state index in [0.29, 0.717) is 47.7 Å². The molecule has 4 fully saturated rings. The Morgan fingerprint density at radius 2 is 0.664 bits per heavy atom. The molecule has 12 aromatic rings. The number of nitrogens with zero attached hydrogens (tertiary/aromatic N) is 12. The van der Waals surface area contributed by atoms with Crippen molar-refractivity contribution >= 4 is 55.7 Å². The quantitative estimate of drug-likeness (QED) is 0.0939. The van der Waals surface area contributed by atoms with Crippen molar-refractivity contribution in [1.82, 2.24) is 57.8 Å². The number of alkyl halides is 6. The minimum Gasteiger partial charge on any atom is -0.343 e. The number of benzene rings is 4. The number of aryl methyl sites for hydroxylation is 9. The normalized spacial score (nSPS) is 19.7. The van der Waals surface area contributed by atoms with E-state index in [9.17, 15) is 30.7 Å². The fourth-order valence-corrected chi connectivity index (χ4v) is 20.4. The second-order valence-electron chi connectivity index (χ2n) is 32.4. The molecule has 4 atom stereocenters. The molecule has 8 aliphatic rings. The summed E-state index contributed by atoms with van der Waals surface area (Å²) in [5.41, 5.74) is 26.6. The van der Waals surface area contributed by atoms with Crippen molar-refractivity contribution in [2.24, 2.45) is 0 Å².